The Morgan fingerprint density at radius 3 is 2.57 bits per heavy atom. The first-order valence-corrected chi connectivity index (χ1v) is 13.6. The lowest BCUT2D eigenvalue weighted by Gasteiger charge is -2.55. The van der Waals surface area contributed by atoms with Crippen LogP contribution in [0.3, 0.4) is 0 Å². The van der Waals surface area contributed by atoms with E-state index in [1.165, 1.54) is 37.8 Å². The molecule has 3 fully saturated rings. The van der Waals surface area contributed by atoms with Gasteiger partial charge in [-0.25, -0.2) is 0 Å². The Morgan fingerprint density at radius 1 is 1.03 bits per heavy atom. The monoisotopic (exact) mass is 484 g/mol. The van der Waals surface area contributed by atoms with Crippen LogP contribution in [0.15, 0.2) is 18.2 Å². The number of fused-ring (bicyclic) bond motifs is 6. The summed E-state index contributed by atoms with van der Waals surface area (Å²) >= 11 is 0. The van der Waals surface area contributed by atoms with Gasteiger partial charge in [-0.2, -0.15) is 0 Å². The van der Waals surface area contributed by atoms with Crippen molar-refractivity contribution in [3.05, 3.63) is 29.3 Å². The van der Waals surface area contributed by atoms with Crippen LogP contribution in [-0.2, 0) is 30.2 Å². The van der Waals surface area contributed by atoms with Crippen LogP contribution in [0.2, 0.25) is 0 Å². The van der Waals surface area contributed by atoms with Gasteiger partial charge in [0.05, 0.1) is 19.8 Å². The van der Waals surface area contributed by atoms with E-state index >= 15 is 0 Å². The van der Waals surface area contributed by atoms with Crippen LogP contribution in [0.5, 0.6) is 5.75 Å². The van der Waals surface area contributed by atoms with Gasteiger partial charge in [-0.05, 0) is 85.5 Å². The van der Waals surface area contributed by atoms with E-state index in [1.807, 2.05) is 6.07 Å². The number of carbonyl (C=O) groups is 2. The fourth-order valence-corrected chi connectivity index (χ4v) is 8.07. The van der Waals surface area contributed by atoms with Gasteiger partial charge >= 0.3 is 11.9 Å². The fraction of sp³-hybridized carbons (Fsp3) is 0.724. The molecule has 5 rings (SSSR count). The maximum absolute atomic E-state index is 11.5. The van der Waals surface area contributed by atoms with E-state index in [1.54, 1.807) is 0 Å². The van der Waals surface area contributed by atoms with Gasteiger partial charge < -0.3 is 18.9 Å². The van der Waals surface area contributed by atoms with Gasteiger partial charge in [0.2, 0.25) is 0 Å². The summed E-state index contributed by atoms with van der Waals surface area (Å²) in [6.07, 6.45) is 9.76. The zero-order valence-corrected chi connectivity index (χ0v) is 21.5. The van der Waals surface area contributed by atoms with Crippen LogP contribution in [0.1, 0.15) is 89.2 Å². The maximum atomic E-state index is 11.5. The summed E-state index contributed by atoms with van der Waals surface area (Å²) < 4.78 is 23.2. The van der Waals surface area contributed by atoms with Gasteiger partial charge in [-0.3, -0.25) is 9.59 Å². The van der Waals surface area contributed by atoms with Gasteiger partial charge in [0.1, 0.15) is 5.75 Å². The van der Waals surface area contributed by atoms with E-state index in [9.17, 15) is 9.59 Å². The molecule has 0 bridgehead atoms. The van der Waals surface area contributed by atoms with Crippen LogP contribution in [0.4, 0.5) is 0 Å². The Kier molecular flexibility index (Phi) is 6.97. The van der Waals surface area contributed by atoms with Crippen molar-refractivity contribution in [2.24, 2.45) is 23.2 Å². The molecule has 0 N–H and O–H groups in total. The maximum Gasteiger partial charge on any atom is 0.308 e. The molecule has 1 aromatic carbocycles. The molecule has 1 aliphatic heterocycles. The van der Waals surface area contributed by atoms with Gasteiger partial charge in [-0.15, -0.1) is 0 Å². The van der Waals surface area contributed by atoms with Crippen molar-refractivity contribution in [1.29, 1.82) is 0 Å². The molecule has 0 radical (unpaired) electrons. The molecule has 6 nitrogen and oxygen atoms in total. The molecule has 0 aromatic heterocycles. The number of carbonyl (C=O) groups excluding carboxylic acids is 2. The third kappa shape index (κ3) is 4.53. The zero-order chi connectivity index (χ0) is 24.6. The standard InChI is InChI=1S/C29H40O6/c1-19(30)32-14-6-4-5-7-21-17-22-18-23(35-20(2)31)8-9-24(22)25-10-12-28(3)26(27(21)25)11-13-29(28)33-15-16-34-29/h8-9,18,21,25-27H,4-7,10-17H2,1-3H3/t21-,25-,26+,27-,28+/m1/s1. The van der Waals surface area contributed by atoms with Crippen molar-refractivity contribution in [3.8, 4) is 5.75 Å². The molecule has 1 spiro atoms. The van der Waals surface area contributed by atoms with Crippen molar-refractivity contribution in [1.82, 2.24) is 0 Å². The number of ether oxygens (including phenoxy) is 4. The first-order valence-electron chi connectivity index (χ1n) is 13.6. The lowest BCUT2D eigenvalue weighted by molar-refractivity contribution is -0.238. The number of benzene rings is 1. The van der Waals surface area contributed by atoms with Crippen molar-refractivity contribution in [2.45, 2.75) is 90.3 Å². The molecule has 1 heterocycles. The highest BCUT2D eigenvalue weighted by atomic mass is 16.7. The molecule has 4 aliphatic rings. The summed E-state index contributed by atoms with van der Waals surface area (Å²) in [6.45, 7) is 7.29. The smallest absolute Gasteiger partial charge is 0.308 e. The van der Waals surface area contributed by atoms with Crippen molar-refractivity contribution in [2.75, 3.05) is 19.8 Å². The van der Waals surface area contributed by atoms with Gasteiger partial charge in [-0.1, -0.05) is 25.8 Å². The van der Waals surface area contributed by atoms with Crippen molar-refractivity contribution < 1.29 is 28.5 Å². The Morgan fingerprint density at radius 2 is 1.83 bits per heavy atom. The Balaban J connectivity index is 1.38. The number of hydrogen-bond donors (Lipinski definition) is 0. The topological polar surface area (TPSA) is 71.1 Å². The average molecular weight is 485 g/mol. The Bertz CT molecular complexity index is 950. The zero-order valence-electron chi connectivity index (χ0n) is 21.5. The molecule has 1 aromatic rings. The summed E-state index contributed by atoms with van der Waals surface area (Å²) in [4.78, 5) is 22.6. The number of unbranched alkanes of at least 4 members (excludes halogenated alkanes) is 2. The lowest BCUT2D eigenvalue weighted by atomic mass is 9.51. The summed E-state index contributed by atoms with van der Waals surface area (Å²) in [5, 5.41) is 0. The molecule has 0 unspecified atom stereocenters. The predicted molar refractivity (Wildman–Crippen MR) is 131 cm³/mol. The van der Waals surface area contributed by atoms with E-state index in [-0.39, 0.29) is 17.4 Å². The third-order valence-corrected chi connectivity index (χ3v) is 9.46. The van der Waals surface area contributed by atoms with Gasteiger partial charge in [0.15, 0.2) is 5.79 Å². The molecular weight excluding hydrogens is 444 g/mol. The van der Waals surface area contributed by atoms with Crippen LogP contribution >= 0.6 is 0 Å². The molecule has 0 amide bonds. The van der Waals surface area contributed by atoms with Crippen molar-refractivity contribution in [3.63, 3.8) is 0 Å². The van der Waals surface area contributed by atoms with Crippen LogP contribution in [0, 0.1) is 23.2 Å². The minimum atomic E-state index is -0.392. The molecular formula is C29H40O6. The first kappa shape index (κ1) is 24.8. The SMILES string of the molecule is CC(=O)OCCCCC[C@@H]1Cc2cc(OC(C)=O)ccc2[C@H]2CC[C@@]3(C)[C@@H](CCC34OCCO4)[C@H]12. The minimum absolute atomic E-state index is 0.0629. The van der Waals surface area contributed by atoms with E-state index in [0.717, 1.165) is 44.9 Å². The number of esters is 2. The van der Waals surface area contributed by atoms with Crippen LogP contribution in [0.25, 0.3) is 0 Å². The largest absolute Gasteiger partial charge is 0.466 e. The third-order valence-electron chi connectivity index (χ3n) is 9.46. The van der Waals surface area contributed by atoms with Gasteiger partial charge in [0, 0.05) is 25.7 Å². The summed E-state index contributed by atoms with van der Waals surface area (Å²) in [5.74, 6) is 2.10. The molecule has 35 heavy (non-hydrogen) atoms. The average Bonchev–Trinajstić information content (AvgIpc) is 3.41. The summed E-state index contributed by atoms with van der Waals surface area (Å²) in [6, 6.07) is 6.30. The normalized spacial score (nSPS) is 32.5. The highest BCUT2D eigenvalue weighted by molar-refractivity contribution is 5.69. The lowest BCUT2D eigenvalue weighted by Crippen LogP contribution is -2.53. The van der Waals surface area contributed by atoms with Crippen molar-refractivity contribution >= 4 is 11.9 Å². The number of hydrogen-bond acceptors (Lipinski definition) is 6. The van der Waals surface area contributed by atoms with E-state index in [4.69, 9.17) is 18.9 Å². The summed E-state index contributed by atoms with van der Waals surface area (Å²) in [5.41, 5.74) is 2.86. The molecule has 192 valence electrons. The molecule has 3 aliphatic carbocycles. The predicted octanol–water partition coefficient (Wildman–Crippen LogP) is 5.56. The fourth-order valence-electron chi connectivity index (χ4n) is 8.07. The number of rotatable bonds is 7. The van der Waals surface area contributed by atoms with E-state index in [0.29, 0.717) is 49.2 Å². The highest BCUT2D eigenvalue weighted by Gasteiger charge is 2.66. The second-order valence-electron chi connectivity index (χ2n) is 11.3. The molecule has 6 heteroatoms. The second-order valence-corrected chi connectivity index (χ2v) is 11.3. The molecule has 5 atom stereocenters. The highest BCUT2D eigenvalue weighted by Crippen LogP contribution is 2.67. The second kappa shape index (κ2) is 9.85. The van der Waals surface area contributed by atoms with Crippen LogP contribution < -0.4 is 4.74 Å². The van der Waals surface area contributed by atoms with E-state index < -0.39 is 5.79 Å². The molecule has 1 saturated heterocycles. The minimum Gasteiger partial charge on any atom is -0.466 e. The quantitative estimate of drug-likeness (QED) is 0.287. The van der Waals surface area contributed by atoms with Gasteiger partial charge in [0.25, 0.3) is 0 Å². The van der Waals surface area contributed by atoms with E-state index in [2.05, 4.69) is 19.1 Å². The Hall–Kier alpha value is -1.92. The summed E-state index contributed by atoms with van der Waals surface area (Å²) in [7, 11) is 0. The Labute approximate surface area is 209 Å². The van der Waals surface area contributed by atoms with Crippen LogP contribution in [-0.4, -0.2) is 37.5 Å². The molecule has 2 saturated carbocycles. The first-order chi connectivity index (χ1) is 16.8.